The van der Waals surface area contributed by atoms with Crippen molar-refractivity contribution in [3.63, 3.8) is 0 Å². The number of aromatic nitrogens is 1. The second-order valence-corrected chi connectivity index (χ2v) is 6.87. The molecule has 1 unspecified atom stereocenters. The van der Waals surface area contributed by atoms with Crippen LogP contribution in [0.4, 0.5) is 5.13 Å². The van der Waals surface area contributed by atoms with Crippen molar-refractivity contribution in [2.24, 2.45) is 5.92 Å². The topological polar surface area (TPSA) is 57.3 Å². The maximum atomic E-state index is 12.2. The lowest BCUT2D eigenvalue weighted by Gasteiger charge is -2.25. The summed E-state index contributed by atoms with van der Waals surface area (Å²) in [6.45, 7) is 5.08. The van der Waals surface area contributed by atoms with E-state index in [1.54, 1.807) is 11.3 Å². The second-order valence-electron chi connectivity index (χ2n) is 6.01. The van der Waals surface area contributed by atoms with Crippen LogP contribution in [0.3, 0.4) is 0 Å². The normalized spacial score (nSPS) is 21.8. The first-order chi connectivity index (χ1) is 10.3. The van der Waals surface area contributed by atoms with Gasteiger partial charge in [-0.1, -0.05) is 6.42 Å². The van der Waals surface area contributed by atoms with Crippen LogP contribution in [0.1, 0.15) is 37.8 Å². The Morgan fingerprint density at radius 2 is 2.09 bits per heavy atom. The zero-order valence-corrected chi connectivity index (χ0v) is 15.7. The van der Waals surface area contributed by atoms with Gasteiger partial charge < -0.3 is 10.6 Å². The molecular formula is C15H26Cl2N4OS. The smallest absolute Gasteiger partial charge is 0.230 e. The third kappa shape index (κ3) is 6.19. The fourth-order valence-corrected chi connectivity index (χ4v) is 3.77. The van der Waals surface area contributed by atoms with Gasteiger partial charge in [0.05, 0.1) is 11.6 Å². The predicted molar refractivity (Wildman–Crippen MR) is 100.0 cm³/mol. The number of carbonyl (C=O) groups is 1. The Bertz CT molecular complexity index is 474. The van der Waals surface area contributed by atoms with Crippen molar-refractivity contribution < 1.29 is 4.79 Å². The first-order valence-corrected chi connectivity index (χ1v) is 8.87. The van der Waals surface area contributed by atoms with Crippen LogP contribution in [0.5, 0.6) is 0 Å². The molecule has 1 aromatic rings. The highest BCUT2D eigenvalue weighted by Crippen LogP contribution is 2.20. The molecule has 2 N–H and O–H groups in total. The van der Waals surface area contributed by atoms with E-state index >= 15 is 0 Å². The number of hydrogen-bond acceptors (Lipinski definition) is 5. The summed E-state index contributed by atoms with van der Waals surface area (Å²) in [5.74, 6) is 0.203. The van der Waals surface area contributed by atoms with Gasteiger partial charge in [-0.2, -0.15) is 0 Å². The number of carbonyl (C=O) groups excluding carboxylic acids is 1. The van der Waals surface area contributed by atoms with Gasteiger partial charge in [0.15, 0.2) is 5.13 Å². The van der Waals surface area contributed by atoms with E-state index in [-0.39, 0.29) is 36.6 Å². The minimum absolute atomic E-state index is 0. The molecule has 132 valence electrons. The largest absolute Gasteiger partial charge is 0.316 e. The molecule has 3 heterocycles. The Kier molecular flexibility index (Phi) is 9.39. The summed E-state index contributed by atoms with van der Waals surface area (Å²) in [6, 6.07) is 0. The summed E-state index contributed by atoms with van der Waals surface area (Å²) < 4.78 is 0. The molecule has 2 aliphatic heterocycles. The highest BCUT2D eigenvalue weighted by Gasteiger charge is 2.21. The maximum Gasteiger partial charge on any atom is 0.230 e. The van der Waals surface area contributed by atoms with E-state index in [1.807, 2.05) is 0 Å². The Labute approximate surface area is 154 Å². The summed E-state index contributed by atoms with van der Waals surface area (Å²) in [4.78, 5) is 19.2. The molecular weight excluding hydrogens is 355 g/mol. The molecule has 2 fully saturated rings. The van der Waals surface area contributed by atoms with E-state index in [9.17, 15) is 4.79 Å². The van der Waals surface area contributed by atoms with Gasteiger partial charge in [0.1, 0.15) is 0 Å². The van der Waals surface area contributed by atoms with Crippen LogP contribution in [0.25, 0.3) is 0 Å². The van der Waals surface area contributed by atoms with Gasteiger partial charge in [-0.15, -0.1) is 36.2 Å². The van der Waals surface area contributed by atoms with Crippen LogP contribution in [-0.2, 0) is 11.3 Å². The molecule has 1 amide bonds. The van der Waals surface area contributed by atoms with Crippen molar-refractivity contribution in [2.75, 3.05) is 31.5 Å². The number of hydrogen-bond donors (Lipinski definition) is 2. The van der Waals surface area contributed by atoms with Crippen LogP contribution in [0, 0.1) is 5.92 Å². The zero-order chi connectivity index (χ0) is 14.5. The van der Waals surface area contributed by atoms with Crippen LogP contribution < -0.4 is 10.6 Å². The van der Waals surface area contributed by atoms with Gasteiger partial charge in [-0.05, 0) is 45.3 Å². The number of nitrogens with one attached hydrogen (secondary N) is 2. The average Bonchev–Trinajstić information content (AvgIpc) is 2.96. The molecule has 23 heavy (non-hydrogen) atoms. The number of amides is 1. The van der Waals surface area contributed by atoms with Crippen molar-refractivity contribution in [3.8, 4) is 0 Å². The van der Waals surface area contributed by atoms with E-state index in [0.29, 0.717) is 0 Å². The van der Waals surface area contributed by atoms with E-state index in [2.05, 4.69) is 25.9 Å². The van der Waals surface area contributed by atoms with Crippen molar-refractivity contribution in [2.45, 2.75) is 38.6 Å². The third-order valence-electron chi connectivity index (χ3n) is 4.28. The van der Waals surface area contributed by atoms with Crippen molar-refractivity contribution in [1.82, 2.24) is 15.2 Å². The van der Waals surface area contributed by atoms with Gasteiger partial charge in [-0.3, -0.25) is 9.69 Å². The fraction of sp³-hybridized carbons (Fsp3) is 0.733. The number of thiazole rings is 1. The minimum Gasteiger partial charge on any atom is -0.316 e. The van der Waals surface area contributed by atoms with Crippen LogP contribution >= 0.6 is 36.2 Å². The van der Waals surface area contributed by atoms with Crippen LogP contribution in [0.2, 0.25) is 0 Å². The van der Waals surface area contributed by atoms with Gasteiger partial charge in [0.25, 0.3) is 0 Å². The standard InChI is InChI=1S/C15H24N4OS.2ClH/c20-14(12-5-4-6-16-9-12)18-15-17-13(11-21-15)10-19-7-2-1-3-8-19;;/h11-12,16H,1-10H2,(H,17,18,20);2*1H. The summed E-state index contributed by atoms with van der Waals surface area (Å²) in [6.07, 6.45) is 6.00. The van der Waals surface area contributed by atoms with Crippen molar-refractivity contribution >= 4 is 47.2 Å². The summed E-state index contributed by atoms with van der Waals surface area (Å²) >= 11 is 1.54. The van der Waals surface area contributed by atoms with Gasteiger partial charge >= 0.3 is 0 Å². The maximum absolute atomic E-state index is 12.2. The molecule has 0 radical (unpaired) electrons. The molecule has 5 nitrogen and oxygen atoms in total. The van der Waals surface area contributed by atoms with Gasteiger partial charge in [0.2, 0.25) is 5.91 Å². The first kappa shape index (κ1) is 20.6. The Morgan fingerprint density at radius 1 is 1.30 bits per heavy atom. The lowest BCUT2D eigenvalue weighted by molar-refractivity contribution is -0.120. The molecule has 2 aliphatic rings. The Hall–Kier alpha value is -0.400. The molecule has 0 aromatic carbocycles. The number of anilines is 1. The minimum atomic E-state index is 0. The van der Waals surface area contributed by atoms with Gasteiger partial charge in [0, 0.05) is 18.5 Å². The third-order valence-corrected chi connectivity index (χ3v) is 5.09. The summed E-state index contributed by atoms with van der Waals surface area (Å²) in [7, 11) is 0. The number of rotatable bonds is 4. The van der Waals surface area contributed by atoms with E-state index in [4.69, 9.17) is 0 Å². The quantitative estimate of drug-likeness (QED) is 0.842. The summed E-state index contributed by atoms with van der Waals surface area (Å²) in [5.41, 5.74) is 1.08. The average molecular weight is 381 g/mol. The van der Waals surface area contributed by atoms with Crippen LogP contribution in [-0.4, -0.2) is 42.0 Å². The van der Waals surface area contributed by atoms with E-state index in [1.165, 1.54) is 32.4 Å². The molecule has 1 aromatic heterocycles. The van der Waals surface area contributed by atoms with Crippen LogP contribution in [0.15, 0.2) is 5.38 Å². The molecule has 1 atom stereocenters. The fourth-order valence-electron chi connectivity index (χ4n) is 3.07. The monoisotopic (exact) mass is 380 g/mol. The Balaban J connectivity index is 0.00000132. The predicted octanol–water partition coefficient (Wildman–Crippen LogP) is 2.91. The Morgan fingerprint density at radius 3 is 2.78 bits per heavy atom. The van der Waals surface area contributed by atoms with Crippen molar-refractivity contribution in [1.29, 1.82) is 0 Å². The SMILES string of the molecule is Cl.Cl.O=C(Nc1nc(CN2CCCCC2)cs1)C1CCCNC1. The second kappa shape index (κ2) is 10.5. The lowest BCUT2D eigenvalue weighted by atomic mass is 9.99. The number of halogens is 2. The summed E-state index contributed by atoms with van der Waals surface area (Å²) in [5, 5.41) is 9.08. The number of piperidine rings is 2. The van der Waals surface area contributed by atoms with E-state index < -0.39 is 0 Å². The molecule has 0 saturated carbocycles. The number of nitrogens with zero attached hydrogens (tertiary/aromatic N) is 2. The molecule has 3 rings (SSSR count). The van der Waals surface area contributed by atoms with E-state index in [0.717, 1.165) is 43.3 Å². The highest BCUT2D eigenvalue weighted by molar-refractivity contribution is 7.13. The molecule has 8 heteroatoms. The molecule has 2 saturated heterocycles. The molecule has 0 aliphatic carbocycles. The molecule has 0 spiro atoms. The zero-order valence-electron chi connectivity index (χ0n) is 13.3. The number of likely N-dealkylation sites (tertiary alicyclic amines) is 1. The lowest BCUT2D eigenvalue weighted by Crippen LogP contribution is -2.37. The van der Waals surface area contributed by atoms with Gasteiger partial charge in [-0.25, -0.2) is 4.98 Å². The first-order valence-electron chi connectivity index (χ1n) is 7.99. The van der Waals surface area contributed by atoms with Crippen molar-refractivity contribution in [3.05, 3.63) is 11.1 Å². The molecule has 0 bridgehead atoms. The highest BCUT2D eigenvalue weighted by atomic mass is 35.5.